The van der Waals surface area contributed by atoms with E-state index in [-0.39, 0.29) is 17.6 Å². The summed E-state index contributed by atoms with van der Waals surface area (Å²) in [6, 6.07) is 10.4. The number of non-ortho nitro benzene ring substituents is 1. The van der Waals surface area contributed by atoms with E-state index in [0.717, 1.165) is 37.1 Å². The molecule has 4 rings (SSSR count). The van der Waals surface area contributed by atoms with E-state index in [2.05, 4.69) is 0 Å². The number of amides is 1. The first-order valence-corrected chi connectivity index (χ1v) is 10.5. The molecule has 28 heavy (non-hydrogen) atoms. The molecule has 0 atom stereocenters. The molecule has 0 unspecified atom stereocenters. The van der Waals surface area contributed by atoms with E-state index in [4.69, 9.17) is 12.2 Å². The summed E-state index contributed by atoms with van der Waals surface area (Å²) >= 11 is 6.84. The summed E-state index contributed by atoms with van der Waals surface area (Å²) in [4.78, 5) is 25.8. The molecule has 0 N–H and O–H groups in total. The number of nitro groups is 1. The molecule has 1 aliphatic heterocycles. The Morgan fingerprint density at radius 2 is 1.86 bits per heavy atom. The monoisotopic (exact) mass is 413 g/mol. The Morgan fingerprint density at radius 1 is 1.14 bits per heavy atom. The highest BCUT2D eigenvalue weighted by atomic mass is 32.2. The van der Waals surface area contributed by atoms with Crippen molar-refractivity contribution in [2.75, 3.05) is 0 Å². The Kier molecular flexibility index (Phi) is 5.32. The maximum Gasteiger partial charge on any atom is 0.269 e. The Hall–Kier alpha value is -2.45. The van der Waals surface area contributed by atoms with Crippen LogP contribution in [0.4, 0.5) is 5.69 Å². The van der Waals surface area contributed by atoms with Crippen molar-refractivity contribution in [3.05, 3.63) is 63.3 Å². The molecule has 1 aromatic carbocycles. The molecule has 2 aromatic rings. The molecule has 6 nitrogen and oxygen atoms in total. The number of aromatic nitrogens is 1. The molecule has 2 fully saturated rings. The van der Waals surface area contributed by atoms with E-state index >= 15 is 0 Å². The van der Waals surface area contributed by atoms with Crippen LogP contribution >= 0.6 is 24.0 Å². The first kappa shape index (κ1) is 18.9. The predicted octanol–water partition coefficient (Wildman–Crippen LogP) is 4.92. The third-order valence-corrected chi connectivity index (χ3v) is 6.49. The third kappa shape index (κ3) is 3.62. The van der Waals surface area contributed by atoms with Crippen molar-refractivity contribution in [3.63, 3.8) is 0 Å². The molecule has 1 aromatic heterocycles. The SMILES string of the molecule is O=C1/C(=C\c2cccn2-c2ccc([N+](=O)[O-])cc2)SC(=S)N1C1CCCCC1. The van der Waals surface area contributed by atoms with Gasteiger partial charge in [0.1, 0.15) is 4.32 Å². The van der Waals surface area contributed by atoms with Gasteiger partial charge >= 0.3 is 0 Å². The Morgan fingerprint density at radius 3 is 2.54 bits per heavy atom. The highest BCUT2D eigenvalue weighted by molar-refractivity contribution is 8.26. The largest absolute Gasteiger partial charge is 0.317 e. The number of hydrogen-bond acceptors (Lipinski definition) is 5. The maximum absolute atomic E-state index is 13.0. The smallest absolute Gasteiger partial charge is 0.269 e. The summed E-state index contributed by atoms with van der Waals surface area (Å²) in [6.45, 7) is 0. The van der Waals surface area contributed by atoms with Gasteiger partial charge < -0.3 is 4.57 Å². The Balaban J connectivity index is 1.60. The molecule has 1 amide bonds. The number of hydrogen-bond donors (Lipinski definition) is 0. The van der Waals surface area contributed by atoms with E-state index in [1.165, 1.54) is 30.3 Å². The van der Waals surface area contributed by atoms with Gasteiger partial charge in [0.2, 0.25) is 0 Å². The van der Waals surface area contributed by atoms with Gasteiger partial charge in [-0.25, -0.2) is 0 Å². The Labute approximate surface area is 172 Å². The van der Waals surface area contributed by atoms with Crippen molar-refractivity contribution in [3.8, 4) is 5.69 Å². The van der Waals surface area contributed by atoms with E-state index < -0.39 is 4.92 Å². The molecule has 2 aliphatic rings. The van der Waals surface area contributed by atoms with Crippen LogP contribution in [0.5, 0.6) is 0 Å². The Bertz CT molecular complexity index is 959. The van der Waals surface area contributed by atoms with E-state index in [1.54, 1.807) is 17.0 Å². The van der Waals surface area contributed by atoms with Crippen molar-refractivity contribution in [1.29, 1.82) is 0 Å². The van der Waals surface area contributed by atoms with Crippen LogP contribution in [0.25, 0.3) is 11.8 Å². The molecule has 0 bridgehead atoms. The quantitative estimate of drug-likeness (QED) is 0.308. The molecule has 1 saturated carbocycles. The standard InChI is InChI=1S/C20H19N3O3S2/c24-19-18(28-20(27)22(19)15-5-2-1-3-6-15)13-17-7-4-12-21(17)14-8-10-16(11-9-14)23(25)26/h4,7-13,15H,1-3,5-6H2/b18-13+. The van der Waals surface area contributed by atoms with Crippen molar-refractivity contribution in [2.24, 2.45) is 0 Å². The molecule has 8 heteroatoms. The summed E-state index contributed by atoms with van der Waals surface area (Å²) in [6.07, 6.45) is 9.26. The van der Waals surface area contributed by atoms with Gasteiger partial charge in [-0.3, -0.25) is 19.8 Å². The van der Waals surface area contributed by atoms with Gasteiger partial charge in [-0.15, -0.1) is 0 Å². The van der Waals surface area contributed by atoms with Gasteiger partial charge in [0, 0.05) is 35.8 Å². The summed E-state index contributed by atoms with van der Waals surface area (Å²) in [5.41, 5.74) is 1.67. The van der Waals surface area contributed by atoms with Gasteiger partial charge in [0.05, 0.1) is 9.83 Å². The van der Waals surface area contributed by atoms with Gasteiger partial charge in [-0.1, -0.05) is 43.2 Å². The highest BCUT2D eigenvalue weighted by Gasteiger charge is 2.37. The first-order chi connectivity index (χ1) is 13.5. The maximum atomic E-state index is 13.0. The number of thiocarbonyl (C=S) groups is 1. The first-order valence-electron chi connectivity index (χ1n) is 9.24. The van der Waals surface area contributed by atoms with Crippen molar-refractivity contribution in [1.82, 2.24) is 9.47 Å². The number of rotatable bonds is 4. The van der Waals surface area contributed by atoms with Crippen LogP contribution < -0.4 is 0 Å². The van der Waals surface area contributed by atoms with Crippen LogP contribution in [0.3, 0.4) is 0 Å². The number of nitro benzene ring substituents is 1. The molecule has 1 saturated heterocycles. The average molecular weight is 414 g/mol. The van der Waals surface area contributed by atoms with Crippen molar-refractivity contribution < 1.29 is 9.72 Å². The van der Waals surface area contributed by atoms with E-state index in [9.17, 15) is 14.9 Å². The van der Waals surface area contributed by atoms with E-state index in [0.29, 0.717) is 9.23 Å². The molecule has 1 aliphatic carbocycles. The van der Waals surface area contributed by atoms with Crippen LogP contribution in [0.2, 0.25) is 0 Å². The number of carbonyl (C=O) groups is 1. The van der Waals surface area contributed by atoms with Crippen LogP contribution in [-0.2, 0) is 4.79 Å². The minimum atomic E-state index is -0.420. The van der Waals surface area contributed by atoms with Crippen LogP contribution in [0, 0.1) is 10.1 Å². The van der Waals surface area contributed by atoms with Gasteiger partial charge in [-0.05, 0) is 43.2 Å². The van der Waals surface area contributed by atoms with Crippen LogP contribution in [0.15, 0.2) is 47.5 Å². The lowest BCUT2D eigenvalue weighted by molar-refractivity contribution is -0.384. The number of nitrogens with zero attached hydrogens (tertiary/aromatic N) is 3. The zero-order valence-electron chi connectivity index (χ0n) is 15.1. The third-order valence-electron chi connectivity index (χ3n) is 5.16. The molecule has 0 radical (unpaired) electrons. The highest BCUT2D eigenvalue weighted by Crippen LogP contribution is 2.37. The minimum absolute atomic E-state index is 0.0154. The second-order valence-corrected chi connectivity index (χ2v) is 8.60. The van der Waals surface area contributed by atoms with Crippen molar-refractivity contribution >= 4 is 46.0 Å². The second kappa shape index (κ2) is 7.89. The summed E-state index contributed by atoms with van der Waals surface area (Å²) < 4.78 is 2.54. The molecular weight excluding hydrogens is 394 g/mol. The molecular formula is C20H19N3O3S2. The molecule has 2 heterocycles. The zero-order chi connectivity index (χ0) is 19.7. The van der Waals surface area contributed by atoms with Crippen molar-refractivity contribution in [2.45, 2.75) is 38.1 Å². The molecule has 0 spiro atoms. The number of thioether (sulfide) groups is 1. The lowest BCUT2D eigenvalue weighted by Crippen LogP contribution is -2.39. The summed E-state index contributed by atoms with van der Waals surface area (Å²) in [5, 5.41) is 10.9. The normalized spacial score (nSPS) is 19.6. The second-order valence-electron chi connectivity index (χ2n) is 6.92. The fraction of sp³-hybridized carbons (Fsp3) is 0.300. The average Bonchev–Trinajstić information content (AvgIpc) is 3.27. The molecule has 144 valence electrons. The predicted molar refractivity (Wildman–Crippen MR) is 114 cm³/mol. The van der Waals surface area contributed by atoms with E-state index in [1.807, 2.05) is 29.0 Å². The van der Waals surface area contributed by atoms with Gasteiger partial charge in [-0.2, -0.15) is 0 Å². The fourth-order valence-electron chi connectivity index (χ4n) is 3.75. The number of carbonyl (C=O) groups excluding carboxylic acids is 1. The minimum Gasteiger partial charge on any atom is -0.317 e. The fourth-order valence-corrected chi connectivity index (χ4v) is 5.14. The van der Waals surface area contributed by atoms with Crippen LogP contribution in [0.1, 0.15) is 37.8 Å². The van der Waals surface area contributed by atoms with Gasteiger partial charge in [0.15, 0.2) is 0 Å². The summed E-state index contributed by atoms with van der Waals surface area (Å²) in [5.74, 6) is -0.0154. The lowest BCUT2D eigenvalue weighted by atomic mass is 9.94. The topological polar surface area (TPSA) is 68.4 Å². The lowest BCUT2D eigenvalue weighted by Gasteiger charge is -2.29. The summed E-state index contributed by atoms with van der Waals surface area (Å²) in [7, 11) is 0. The van der Waals surface area contributed by atoms with Crippen LogP contribution in [-0.4, -0.2) is 30.7 Å². The van der Waals surface area contributed by atoms with Gasteiger partial charge in [0.25, 0.3) is 11.6 Å². The zero-order valence-corrected chi connectivity index (χ0v) is 16.7. The number of benzene rings is 1.